The molecule has 0 unspecified atom stereocenters. The molecule has 0 radical (unpaired) electrons. The van der Waals surface area contributed by atoms with Crippen LogP contribution in [-0.2, 0) is 16.7 Å². The van der Waals surface area contributed by atoms with Crippen molar-refractivity contribution in [3.63, 3.8) is 0 Å². The quantitative estimate of drug-likeness (QED) is 0.500. The van der Waals surface area contributed by atoms with E-state index in [-0.39, 0.29) is 29.7 Å². The van der Waals surface area contributed by atoms with Crippen molar-refractivity contribution in [1.29, 1.82) is 0 Å². The molecule has 6 nitrogen and oxygen atoms in total. The molecule has 0 heterocycles. The van der Waals surface area contributed by atoms with Gasteiger partial charge < -0.3 is 14.0 Å². The highest BCUT2D eigenvalue weighted by atomic mass is 32.2. The zero-order valence-electron chi connectivity index (χ0n) is 18.8. The number of anilines is 1. The van der Waals surface area contributed by atoms with E-state index in [4.69, 9.17) is 4.18 Å². The Morgan fingerprint density at radius 1 is 1.06 bits per heavy atom. The number of carbonyl (C=O) groups is 1. The van der Waals surface area contributed by atoms with E-state index in [0.717, 1.165) is 18.8 Å². The minimum atomic E-state index is -3.77. The predicted molar refractivity (Wildman–Crippen MR) is 122 cm³/mol. The van der Waals surface area contributed by atoms with Gasteiger partial charge in [-0.05, 0) is 52.8 Å². The molecule has 0 saturated carbocycles. The summed E-state index contributed by atoms with van der Waals surface area (Å²) in [5.41, 5.74) is 1.33. The van der Waals surface area contributed by atoms with Gasteiger partial charge in [-0.1, -0.05) is 18.2 Å². The lowest BCUT2D eigenvalue weighted by Gasteiger charge is -2.29. The van der Waals surface area contributed by atoms with Crippen molar-refractivity contribution >= 4 is 21.7 Å². The second-order valence-corrected chi connectivity index (χ2v) is 9.26. The van der Waals surface area contributed by atoms with Crippen molar-refractivity contribution in [2.45, 2.75) is 47.2 Å². The van der Waals surface area contributed by atoms with Gasteiger partial charge >= 0.3 is 10.1 Å². The highest BCUT2D eigenvalue weighted by Crippen LogP contribution is 2.29. The first-order chi connectivity index (χ1) is 14.6. The minimum absolute atomic E-state index is 0.0281. The molecule has 8 heteroatoms. The molecule has 0 spiro atoms. The fraction of sp³-hybridized carbons (Fsp3) is 0.435. The number of carbonyl (C=O) groups excluding carboxylic acids is 1. The maximum atomic E-state index is 14.2. The van der Waals surface area contributed by atoms with Gasteiger partial charge in [0.2, 0.25) is 0 Å². The normalized spacial score (nSPS) is 11.5. The van der Waals surface area contributed by atoms with Gasteiger partial charge in [-0.25, -0.2) is 4.39 Å². The van der Waals surface area contributed by atoms with Crippen LogP contribution < -0.4 is 9.08 Å². The number of halogens is 1. The molecule has 0 saturated heterocycles. The predicted octanol–water partition coefficient (Wildman–Crippen LogP) is 4.45. The Morgan fingerprint density at radius 2 is 1.71 bits per heavy atom. The van der Waals surface area contributed by atoms with Crippen LogP contribution in [0.25, 0.3) is 0 Å². The monoisotopic (exact) mass is 450 g/mol. The Bertz CT molecular complexity index is 1000. The van der Waals surface area contributed by atoms with Gasteiger partial charge in [-0.15, -0.1) is 0 Å². The summed E-state index contributed by atoms with van der Waals surface area (Å²) in [5, 5.41) is 0. The van der Waals surface area contributed by atoms with E-state index in [1.54, 1.807) is 18.2 Å². The molecule has 2 aromatic rings. The lowest BCUT2D eigenvalue weighted by atomic mass is 10.1. The molecule has 0 atom stereocenters. The van der Waals surface area contributed by atoms with E-state index in [1.807, 2.05) is 33.8 Å². The molecule has 0 aliphatic heterocycles. The highest BCUT2D eigenvalue weighted by molar-refractivity contribution is 7.87. The van der Waals surface area contributed by atoms with Crippen molar-refractivity contribution in [1.82, 2.24) is 4.90 Å². The fourth-order valence-electron chi connectivity index (χ4n) is 3.19. The third-order valence-corrected chi connectivity index (χ3v) is 6.22. The van der Waals surface area contributed by atoms with Crippen molar-refractivity contribution in [2.24, 2.45) is 0 Å². The number of rotatable bonds is 10. The highest BCUT2D eigenvalue weighted by Gasteiger charge is 2.24. The average molecular weight is 451 g/mol. The third kappa shape index (κ3) is 6.19. The Balaban J connectivity index is 2.48. The minimum Gasteiger partial charge on any atom is -0.382 e. The summed E-state index contributed by atoms with van der Waals surface area (Å²) in [6.07, 6.45) is 0. The van der Waals surface area contributed by atoms with Crippen LogP contribution in [-0.4, -0.2) is 44.1 Å². The molecular weight excluding hydrogens is 419 g/mol. The lowest BCUT2D eigenvalue weighted by molar-refractivity contribution is 0.0685. The molecule has 31 heavy (non-hydrogen) atoms. The lowest BCUT2D eigenvalue weighted by Crippen LogP contribution is -2.37. The molecule has 2 aromatic carbocycles. The van der Waals surface area contributed by atoms with Gasteiger partial charge in [0, 0.05) is 43.0 Å². The Labute approximate surface area is 184 Å². The van der Waals surface area contributed by atoms with Crippen LogP contribution in [0.2, 0.25) is 0 Å². The van der Waals surface area contributed by atoms with Gasteiger partial charge in [0.15, 0.2) is 0 Å². The van der Waals surface area contributed by atoms with Gasteiger partial charge in [0.05, 0.1) is 11.3 Å². The summed E-state index contributed by atoms with van der Waals surface area (Å²) in [7, 11) is -3.77. The molecule has 0 aromatic heterocycles. The fourth-order valence-corrected chi connectivity index (χ4v) is 3.74. The summed E-state index contributed by atoms with van der Waals surface area (Å²) < 4.78 is 44.0. The number of amides is 1. The number of hydrogen-bond acceptors (Lipinski definition) is 5. The van der Waals surface area contributed by atoms with E-state index in [1.165, 1.54) is 30.0 Å². The maximum Gasteiger partial charge on any atom is 0.308 e. The van der Waals surface area contributed by atoms with E-state index < -0.39 is 21.8 Å². The van der Waals surface area contributed by atoms with Gasteiger partial charge in [-0.2, -0.15) is 8.42 Å². The molecule has 0 aliphatic carbocycles. The van der Waals surface area contributed by atoms with Crippen LogP contribution in [0.4, 0.5) is 10.1 Å². The second kappa shape index (κ2) is 10.6. The Morgan fingerprint density at radius 3 is 2.26 bits per heavy atom. The van der Waals surface area contributed by atoms with Gasteiger partial charge in [0.25, 0.3) is 5.91 Å². The first kappa shape index (κ1) is 24.7. The van der Waals surface area contributed by atoms with E-state index in [9.17, 15) is 17.6 Å². The summed E-state index contributed by atoms with van der Waals surface area (Å²) >= 11 is 0. The van der Waals surface area contributed by atoms with Crippen molar-refractivity contribution in [3.05, 3.63) is 59.4 Å². The zero-order valence-corrected chi connectivity index (χ0v) is 19.6. The molecule has 0 N–H and O–H groups in total. The van der Waals surface area contributed by atoms with Gasteiger partial charge in [-0.3, -0.25) is 4.79 Å². The summed E-state index contributed by atoms with van der Waals surface area (Å²) in [6, 6.07) is 10.9. The van der Waals surface area contributed by atoms with E-state index >= 15 is 0 Å². The van der Waals surface area contributed by atoms with Crippen LogP contribution in [0.3, 0.4) is 0 Å². The third-order valence-electron chi connectivity index (χ3n) is 5.08. The van der Waals surface area contributed by atoms with E-state index in [0.29, 0.717) is 5.56 Å². The molecule has 2 rings (SSSR count). The summed E-state index contributed by atoms with van der Waals surface area (Å²) in [4.78, 5) is 16.6. The molecule has 170 valence electrons. The van der Waals surface area contributed by atoms with Gasteiger partial charge in [0.1, 0.15) is 11.6 Å². The van der Waals surface area contributed by atoms with Crippen molar-refractivity contribution in [3.8, 4) is 5.75 Å². The molecule has 1 amide bonds. The van der Waals surface area contributed by atoms with E-state index in [2.05, 4.69) is 4.90 Å². The van der Waals surface area contributed by atoms with Crippen LogP contribution >= 0.6 is 0 Å². The molecule has 0 bridgehead atoms. The Hall–Kier alpha value is -2.61. The SMILES string of the molecule is CCN(CC)c1ccc(CN(C(=O)c2ccccc2F)C(C)C)c(OS(=O)(=O)CC)c1. The first-order valence-corrected chi connectivity index (χ1v) is 12.1. The van der Waals surface area contributed by atoms with Crippen LogP contribution in [0, 0.1) is 5.82 Å². The van der Waals surface area contributed by atoms with Crippen LogP contribution in [0.5, 0.6) is 5.75 Å². The zero-order chi connectivity index (χ0) is 23.2. The van der Waals surface area contributed by atoms with Crippen LogP contribution in [0.1, 0.15) is 50.5 Å². The van der Waals surface area contributed by atoms with Crippen molar-refractivity contribution in [2.75, 3.05) is 23.7 Å². The largest absolute Gasteiger partial charge is 0.382 e. The number of benzene rings is 2. The Kier molecular flexibility index (Phi) is 8.44. The van der Waals surface area contributed by atoms with Crippen LogP contribution in [0.15, 0.2) is 42.5 Å². The number of hydrogen-bond donors (Lipinski definition) is 0. The topological polar surface area (TPSA) is 66.9 Å². The average Bonchev–Trinajstić information content (AvgIpc) is 2.73. The number of nitrogens with zero attached hydrogens (tertiary/aromatic N) is 2. The summed E-state index contributed by atoms with van der Waals surface area (Å²) in [6.45, 7) is 10.8. The molecular formula is C23H31FN2O4S. The first-order valence-electron chi connectivity index (χ1n) is 10.5. The maximum absolute atomic E-state index is 14.2. The second-order valence-electron chi connectivity index (χ2n) is 7.40. The standard InChI is InChI=1S/C23H31FN2O4S/c1-6-25(7-2)19-14-13-18(22(15-19)30-31(28,29)8-3)16-26(17(4)5)23(27)20-11-9-10-12-21(20)24/h9-15,17H,6-8,16H2,1-5H3. The summed E-state index contributed by atoms with van der Waals surface area (Å²) in [5.74, 6) is -1.06. The molecule has 0 aliphatic rings. The molecule has 0 fully saturated rings. The smallest absolute Gasteiger partial charge is 0.308 e. The van der Waals surface area contributed by atoms with Crippen molar-refractivity contribution < 1.29 is 21.8 Å².